The molecule has 0 aliphatic carbocycles. The van der Waals surface area contributed by atoms with Gasteiger partial charge in [-0.3, -0.25) is 0 Å². The highest BCUT2D eigenvalue weighted by Gasteiger charge is 2.30. The standard InChI is InChI=1S/C13H13O2P/c1-2-9-15-12-8-10-16(14,11-12)13-6-4-3-5-7-13/h1,3-8,10,12H,9,11H2/t12-,16?/m0/s1. The summed E-state index contributed by atoms with van der Waals surface area (Å²) in [7, 11) is -2.39. The predicted octanol–water partition coefficient (Wildman–Crippen LogP) is 2.22. The number of hydrogen-bond donors (Lipinski definition) is 0. The van der Waals surface area contributed by atoms with Gasteiger partial charge in [0.2, 0.25) is 0 Å². The van der Waals surface area contributed by atoms with Crippen LogP contribution in [0.3, 0.4) is 0 Å². The first-order valence-corrected chi connectivity index (χ1v) is 7.09. The molecule has 0 N–H and O–H groups in total. The van der Waals surface area contributed by atoms with Gasteiger partial charge in [0.05, 0.1) is 6.10 Å². The summed E-state index contributed by atoms with van der Waals surface area (Å²) < 4.78 is 17.9. The molecule has 2 atom stereocenters. The van der Waals surface area contributed by atoms with Crippen molar-refractivity contribution in [1.29, 1.82) is 0 Å². The average molecular weight is 232 g/mol. The minimum absolute atomic E-state index is 0.109. The molecule has 16 heavy (non-hydrogen) atoms. The van der Waals surface area contributed by atoms with Crippen LogP contribution in [0.1, 0.15) is 0 Å². The number of terminal acetylenes is 1. The van der Waals surface area contributed by atoms with Gasteiger partial charge in [0.1, 0.15) is 13.7 Å². The van der Waals surface area contributed by atoms with Gasteiger partial charge < -0.3 is 9.30 Å². The molecule has 2 nitrogen and oxygen atoms in total. The molecule has 1 aromatic rings. The third kappa shape index (κ3) is 2.27. The summed E-state index contributed by atoms with van der Waals surface area (Å²) in [6, 6.07) is 9.52. The molecule has 1 heterocycles. The van der Waals surface area contributed by atoms with Crippen LogP contribution in [-0.2, 0) is 9.30 Å². The minimum Gasteiger partial charge on any atom is -0.361 e. The number of benzene rings is 1. The number of rotatable bonds is 3. The zero-order valence-electron chi connectivity index (χ0n) is 8.87. The average Bonchev–Trinajstić information content (AvgIpc) is 2.71. The van der Waals surface area contributed by atoms with E-state index in [-0.39, 0.29) is 12.7 Å². The van der Waals surface area contributed by atoms with Crippen LogP contribution in [0, 0.1) is 12.3 Å². The van der Waals surface area contributed by atoms with Crippen LogP contribution in [0.5, 0.6) is 0 Å². The number of hydrogen-bond acceptors (Lipinski definition) is 2. The minimum atomic E-state index is -2.39. The van der Waals surface area contributed by atoms with E-state index >= 15 is 0 Å². The van der Waals surface area contributed by atoms with Crippen molar-refractivity contribution in [3.8, 4) is 12.3 Å². The summed E-state index contributed by atoms with van der Waals surface area (Å²) >= 11 is 0. The Hall–Kier alpha value is -1.29. The van der Waals surface area contributed by atoms with Gasteiger partial charge in [-0.25, -0.2) is 0 Å². The second-order valence-corrected chi connectivity index (χ2v) is 6.48. The maximum absolute atomic E-state index is 12.6. The van der Waals surface area contributed by atoms with Gasteiger partial charge in [0, 0.05) is 11.5 Å². The van der Waals surface area contributed by atoms with Crippen LogP contribution in [0.4, 0.5) is 0 Å². The van der Waals surface area contributed by atoms with E-state index in [1.54, 1.807) is 5.82 Å². The molecule has 0 fully saturated rings. The Kier molecular flexibility index (Phi) is 3.29. The topological polar surface area (TPSA) is 26.3 Å². The van der Waals surface area contributed by atoms with Crippen molar-refractivity contribution in [1.82, 2.24) is 0 Å². The zero-order chi connectivity index (χ0) is 11.4. The van der Waals surface area contributed by atoms with Crippen LogP contribution < -0.4 is 5.30 Å². The lowest BCUT2D eigenvalue weighted by molar-refractivity contribution is 0.131. The van der Waals surface area contributed by atoms with Crippen LogP contribution in [0.2, 0.25) is 0 Å². The van der Waals surface area contributed by atoms with E-state index in [1.807, 2.05) is 36.4 Å². The van der Waals surface area contributed by atoms with Crippen molar-refractivity contribution in [2.24, 2.45) is 0 Å². The van der Waals surface area contributed by atoms with Crippen LogP contribution in [-0.4, -0.2) is 18.9 Å². The molecule has 0 spiro atoms. The molecule has 1 aromatic carbocycles. The summed E-state index contributed by atoms with van der Waals surface area (Å²) in [5.74, 6) is 4.20. The molecule has 0 saturated heterocycles. The Morgan fingerprint density at radius 3 is 2.88 bits per heavy atom. The second kappa shape index (κ2) is 4.70. The summed E-state index contributed by atoms with van der Waals surface area (Å²) in [6.45, 7) is 0.268. The van der Waals surface area contributed by atoms with E-state index in [9.17, 15) is 4.57 Å². The van der Waals surface area contributed by atoms with Gasteiger partial charge in [0.15, 0.2) is 0 Å². The number of ether oxygens (including phenoxy) is 1. The Bertz CT molecular complexity index is 470. The van der Waals surface area contributed by atoms with Crippen molar-refractivity contribution in [2.45, 2.75) is 6.10 Å². The highest BCUT2D eigenvalue weighted by molar-refractivity contribution is 7.74. The van der Waals surface area contributed by atoms with Crippen LogP contribution in [0.25, 0.3) is 0 Å². The van der Waals surface area contributed by atoms with Crippen molar-refractivity contribution < 1.29 is 9.30 Å². The Balaban J connectivity index is 2.11. The van der Waals surface area contributed by atoms with E-state index in [4.69, 9.17) is 11.2 Å². The fourth-order valence-corrected chi connectivity index (χ4v) is 4.17. The molecule has 1 unspecified atom stereocenters. The van der Waals surface area contributed by atoms with Crippen molar-refractivity contribution >= 4 is 12.4 Å². The lowest BCUT2D eigenvalue weighted by Crippen LogP contribution is -2.14. The molecular weight excluding hydrogens is 219 g/mol. The smallest absolute Gasteiger partial charge is 0.139 e. The molecule has 0 aromatic heterocycles. The van der Waals surface area contributed by atoms with Gasteiger partial charge in [0.25, 0.3) is 0 Å². The molecule has 0 bridgehead atoms. The third-order valence-electron chi connectivity index (χ3n) is 2.57. The predicted molar refractivity (Wildman–Crippen MR) is 66.3 cm³/mol. The summed E-state index contributed by atoms with van der Waals surface area (Å²) in [4.78, 5) is 0. The largest absolute Gasteiger partial charge is 0.361 e. The molecule has 0 amide bonds. The van der Waals surface area contributed by atoms with Crippen molar-refractivity contribution in [3.05, 3.63) is 42.2 Å². The fourth-order valence-electron chi connectivity index (χ4n) is 1.76. The van der Waals surface area contributed by atoms with E-state index in [0.717, 1.165) is 5.30 Å². The van der Waals surface area contributed by atoms with Gasteiger partial charge >= 0.3 is 0 Å². The molecule has 3 heteroatoms. The SMILES string of the molecule is C#CCO[C@H]1C=CP(=O)(c2ccccc2)C1. The molecule has 2 rings (SSSR count). The lowest BCUT2D eigenvalue weighted by Gasteiger charge is -2.12. The Morgan fingerprint density at radius 2 is 2.19 bits per heavy atom. The normalized spacial score (nSPS) is 27.8. The summed E-state index contributed by atoms with van der Waals surface area (Å²) in [5, 5.41) is 0.887. The molecular formula is C13H13O2P. The van der Waals surface area contributed by atoms with Gasteiger partial charge in [-0.1, -0.05) is 42.3 Å². The molecule has 1 aliphatic heterocycles. The maximum Gasteiger partial charge on any atom is 0.139 e. The van der Waals surface area contributed by atoms with E-state index in [2.05, 4.69) is 5.92 Å². The highest BCUT2D eigenvalue weighted by Crippen LogP contribution is 2.51. The molecule has 0 saturated carbocycles. The van der Waals surface area contributed by atoms with E-state index < -0.39 is 7.14 Å². The lowest BCUT2D eigenvalue weighted by atomic mass is 10.4. The van der Waals surface area contributed by atoms with Gasteiger partial charge in [-0.15, -0.1) is 6.42 Å². The zero-order valence-corrected chi connectivity index (χ0v) is 9.77. The van der Waals surface area contributed by atoms with E-state index in [1.165, 1.54) is 0 Å². The quantitative estimate of drug-likeness (QED) is 0.590. The highest BCUT2D eigenvalue weighted by atomic mass is 31.2. The molecule has 82 valence electrons. The second-order valence-electron chi connectivity index (χ2n) is 3.71. The fraction of sp³-hybridized carbons (Fsp3) is 0.231. The first kappa shape index (κ1) is 11.2. The van der Waals surface area contributed by atoms with Crippen LogP contribution >= 0.6 is 7.14 Å². The maximum atomic E-state index is 12.6. The molecule has 0 radical (unpaired) electrons. The van der Waals surface area contributed by atoms with E-state index in [0.29, 0.717) is 6.16 Å². The van der Waals surface area contributed by atoms with Crippen molar-refractivity contribution in [3.63, 3.8) is 0 Å². The molecule has 1 aliphatic rings. The van der Waals surface area contributed by atoms with Crippen molar-refractivity contribution in [2.75, 3.05) is 12.8 Å². The monoisotopic (exact) mass is 232 g/mol. The Morgan fingerprint density at radius 1 is 1.44 bits per heavy atom. The van der Waals surface area contributed by atoms with Crippen LogP contribution in [0.15, 0.2) is 42.2 Å². The third-order valence-corrected chi connectivity index (χ3v) is 5.30. The summed E-state index contributed by atoms with van der Waals surface area (Å²) in [5.41, 5.74) is 0. The summed E-state index contributed by atoms with van der Waals surface area (Å²) in [6.07, 6.45) is 7.39. The van der Waals surface area contributed by atoms with Gasteiger partial charge in [-0.05, 0) is 5.82 Å². The Labute approximate surface area is 95.7 Å². The first-order chi connectivity index (χ1) is 7.74. The first-order valence-electron chi connectivity index (χ1n) is 5.13. The van der Waals surface area contributed by atoms with Gasteiger partial charge in [-0.2, -0.15) is 0 Å².